The summed E-state index contributed by atoms with van der Waals surface area (Å²) >= 11 is 3.87. The van der Waals surface area contributed by atoms with Gasteiger partial charge in [0.2, 0.25) is 0 Å². The van der Waals surface area contributed by atoms with Crippen LogP contribution in [0, 0.1) is 0 Å². The number of hydrogen-bond acceptors (Lipinski definition) is 4. The molecule has 0 N–H and O–H groups in total. The first kappa shape index (κ1) is 32.6. The number of ether oxygens (including phenoxy) is 2. The Morgan fingerprint density at radius 1 is 0.375 bits per heavy atom. The van der Waals surface area contributed by atoms with Gasteiger partial charge in [-0.3, -0.25) is 0 Å². The fraction of sp³-hybridized carbons (Fsp3) is 1.00. The molecule has 0 bridgehead atoms. The Hall–Kier alpha value is 0.620. The maximum Gasteiger partial charge on any atom is 0.0922 e. The molecule has 0 aromatic carbocycles. The molecule has 0 unspecified atom stereocenters. The summed E-state index contributed by atoms with van der Waals surface area (Å²) < 4.78 is 11.3. The van der Waals surface area contributed by atoms with Gasteiger partial charge in [0.05, 0.1) is 25.1 Å². The Bertz CT molecular complexity index is 286. The van der Waals surface area contributed by atoms with E-state index in [0.29, 0.717) is 0 Å². The average molecular weight is 491 g/mol. The molecule has 0 amide bonds. The van der Waals surface area contributed by atoms with Gasteiger partial charge >= 0.3 is 0 Å². The summed E-state index contributed by atoms with van der Waals surface area (Å²) in [5.74, 6) is 4.14. The predicted molar refractivity (Wildman–Crippen MR) is 150 cm³/mol. The van der Waals surface area contributed by atoms with Gasteiger partial charge in [-0.05, 0) is 24.3 Å². The van der Waals surface area contributed by atoms with Crippen LogP contribution in [0.1, 0.15) is 142 Å². The Labute approximate surface area is 211 Å². The zero-order valence-electron chi connectivity index (χ0n) is 22.0. The van der Waals surface area contributed by atoms with Crippen molar-refractivity contribution in [1.82, 2.24) is 0 Å². The van der Waals surface area contributed by atoms with E-state index in [0.717, 1.165) is 25.1 Å². The standard InChI is InChI=1S/C28H58O2S2/c1-3-5-7-9-11-13-15-17-19-21-25-31-27-29-23-24-30-28-32-26-22-20-18-16-14-12-10-8-6-4-2/h3-28H2,1-2H3. The summed E-state index contributed by atoms with van der Waals surface area (Å²) in [4.78, 5) is 0. The molecular formula is C28H58O2S2. The fourth-order valence-corrected chi connectivity index (χ4v) is 5.38. The van der Waals surface area contributed by atoms with Crippen LogP contribution in [0.15, 0.2) is 0 Å². The summed E-state index contributed by atoms with van der Waals surface area (Å²) in [5, 5.41) is 0. The minimum atomic E-state index is 0.740. The summed E-state index contributed by atoms with van der Waals surface area (Å²) in [6, 6.07) is 0. The first-order valence-electron chi connectivity index (χ1n) is 14.2. The van der Waals surface area contributed by atoms with Crippen molar-refractivity contribution >= 4 is 23.5 Å². The maximum absolute atomic E-state index is 5.67. The second-order valence-electron chi connectivity index (χ2n) is 9.23. The van der Waals surface area contributed by atoms with Gasteiger partial charge in [0, 0.05) is 0 Å². The third-order valence-corrected chi connectivity index (χ3v) is 7.81. The van der Waals surface area contributed by atoms with Gasteiger partial charge in [0.15, 0.2) is 0 Å². The molecule has 2 nitrogen and oxygen atoms in total. The molecule has 0 rings (SSSR count). The van der Waals surface area contributed by atoms with Crippen molar-refractivity contribution in [2.75, 3.05) is 36.6 Å². The summed E-state index contributed by atoms with van der Waals surface area (Å²) in [7, 11) is 0. The van der Waals surface area contributed by atoms with E-state index in [-0.39, 0.29) is 0 Å². The van der Waals surface area contributed by atoms with Crippen molar-refractivity contribution in [1.29, 1.82) is 0 Å². The van der Waals surface area contributed by atoms with E-state index in [1.807, 2.05) is 23.5 Å². The minimum absolute atomic E-state index is 0.740. The average Bonchev–Trinajstić information content (AvgIpc) is 2.81. The van der Waals surface area contributed by atoms with Crippen molar-refractivity contribution in [3.05, 3.63) is 0 Å². The van der Waals surface area contributed by atoms with E-state index in [4.69, 9.17) is 9.47 Å². The van der Waals surface area contributed by atoms with E-state index in [1.165, 1.54) is 140 Å². The zero-order chi connectivity index (χ0) is 23.2. The van der Waals surface area contributed by atoms with E-state index in [1.54, 1.807) is 0 Å². The molecule has 32 heavy (non-hydrogen) atoms. The molecule has 0 aliphatic carbocycles. The van der Waals surface area contributed by atoms with Crippen LogP contribution in [0.25, 0.3) is 0 Å². The third-order valence-electron chi connectivity index (χ3n) is 5.99. The van der Waals surface area contributed by atoms with E-state index in [2.05, 4.69) is 13.8 Å². The Morgan fingerprint density at radius 2 is 0.656 bits per heavy atom. The lowest BCUT2D eigenvalue weighted by Gasteiger charge is -2.06. The van der Waals surface area contributed by atoms with Crippen LogP contribution < -0.4 is 0 Å². The largest absolute Gasteiger partial charge is 0.368 e. The molecule has 0 atom stereocenters. The van der Waals surface area contributed by atoms with E-state index in [9.17, 15) is 0 Å². The zero-order valence-corrected chi connectivity index (χ0v) is 23.7. The molecule has 0 saturated heterocycles. The van der Waals surface area contributed by atoms with Crippen molar-refractivity contribution in [2.45, 2.75) is 142 Å². The second kappa shape index (κ2) is 31.6. The van der Waals surface area contributed by atoms with E-state index < -0.39 is 0 Å². The van der Waals surface area contributed by atoms with Crippen LogP contribution in [-0.2, 0) is 9.47 Å². The quantitative estimate of drug-likeness (QED) is 0.0766. The van der Waals surface area contributed by atoms with Gasteiger partial charge in [-0.1, -0.05) is 129 Å². The summed E-state index contributed by atoms with van der Waals surface area (Å²) in [5.41, 5.74) is 0. The smallest absolute Gasteiger partial charge is 0.0922 e. The molecule has 0 aliphatic rings. The topological polar surface area (TPSA) is 18.5 Å². The van der Waals surface area contributed by atoms with Crippen molar-refractivity contribution < 1.29 is 9.47 Å². The normalized spacial score (nSPS) is 11.4. The molecule has 0 spiro atoms. The monoisotopic (exact) mass is 490 g/mol. The minimum Gasteiger partial charge on any atom is -0.368 e. The first-order valence-corrected chi connectivity index (χ1v) is 16.5. The van der Waals surface area contributed by atoms with Crippen molar-refractivity contribution in [3.63, 3.8) is 0 Å². The fourth-order valence-electron chi connectivity index (χ4n) is 3.85. The number of hydrogen-bond donors (Lipinski definition) is 0. The Morgan fingerprint density at radius 3 is 0.969 bits per heavy atom. The molecule has 0 radical (unpaired) electrons. The van der Waals surface area contributed by atoms with Crippen LogP contribution >= 0.6 is 23.5 Å². The highest BCUT2D eigenvalue weighted by Crippen LogP contribution is 2.14. The van der Waals surface area contributed by atoms with E-state index >= 15 is 0 Å². The molecule has 0 aromatic rings. The highest BCUT2D eigenvalue weighted by molar-refractivity contribution is 7.99. The highest BCUT2D eigenvalue weighted by atomic mass is 32.2. The van der Waals surface area contributed by atoms with Crippen LogP contribution in [0.4, 0.5) is 0 Å². The molecule has 0 saturated carbocycles. The first-order chi connectivity index (χ1) is 15.9. The molecule has 0 fully saturated rings. The second-order valence-corrected chi connectivity index (χ2v) is 11.3. The van der Waals surface area contributed by atoms with Crippen LogP contribution in [0.3, 0.4) is 0 Å². The molecule has 4 heteroatoms. The number of thioether (sulfide) groups is 2. The lowest BCUT2D eigenvalue weighted by molar-refractivity contribution is 0.0886. The Kier molecular flexibility index (Phi) is 32.2. The van der Waals surface area contributed by atoms with Gasteiger partial charge in [0.1, 0.15) is 0 Å². The maximum atomic E-state index is 5.67. The van der Waals surface area contributed by atoms with Gasteiger partial charge in [0.25, 0.3) is 0 Å². The molecule has 0 aliphatic heterocycles. The number of unbranched alkanes of at least 4 members (excludes halogenated alkanes) is 18. The summed E-state index contributed by atoms with van der Waals surface area (Å²) in [6.07, 6.45) is 28.3. The van der Waals surface area contributed by atoms with Crippen LogP contribution in [0.5, 0.6) is 0 Å². The predicted octanol–water partition coefficient (Wildman–Crippen LogP) is 10.2. The van der Waals surface area contributed by atoms with Crippen molar-refractivity contribution in [2.24, 2.45) is 0 Å². The lowest BCUT2D eigenvalue weighted by atomic mass is 10.1. The van der Waals surface area contributed by atoms with Crippen LogP contribution in [-0.4, -0.2) is 36.6 Å². The molecule has 0 aromatic heterocycles. The van der Waals surface area contributed by atoms with Gasteiger partial charge in [-0.25, -0.2) is 0 Å². The lowest BCUT2D eigenvalue weighted by Crippen LogP contribution is -2.04. The van der Waals surface area contributed by atoms with Gasteiger partial charge in [-0.2, -0.15) is 0 Å². The summed E-state index contributed by atoms with van der Waals surface area (Å²) in [6.45, 7) is 6.06. The van der Waals surface area contributed by atoms with Gasteiger partial charge < -0.3 is 9.47 Å². The molecular weight excluding hydrogens is 432 g/mol. The van der Waals surface area contributed by atoms with Crippen LogP contribution in [0.2, 0.25) is 0 Å². The van der Waals surface area contributed by atoms with Crippen molar-refractivity contribution in [3.8, 4) is 0 Å². The molecule has 0 heterocycles. The Balaban J connectivity index is 2.98. The number of rotatable bonds is 29. The third kappa shape index (κ3) is 30.6. The molecule has 194 valence electrons. The van der Waals surface area contributed by atoms with Gasteiger partial charge in [-0.15, -0.1) is 23.5 Å². The SMILES string of the molecule is CCCCCCCCCCCCSCOCCOCSCCCCCCCCCCCC. The highest BCUT2D eigenvalue weighted by Gasteiger charge is 1.96.